The maximum absolute atomic E-state index is 12.3. The molecule has 1 unspecified atom stereocenters. The number of carbonyl (C=O) groups is 2. The van der Waals surface area contributed by atoms with E-state index in [2.05, 4.69) is 10.6 Å². The molecular formula is C18H30Cl2N4O3. The average molecular weight is 421 g/mol. The highest BCUT2D eigenvalue weighted by Gasteiger charge is 2.26. The van der Waals surface area contributed by atoms with Gasteiger partial charge in [0.05, 0.1) is 6.04 Å². The van der Waals surface area contributed by atoms with Crippen molar-refractivity contribution in [3.63, 3.8) is 0 Å². The topological polar surface area (TPSA) is 96.7 Å². The molecule has 0 spiro atoms. The number of carbonyl (C=O) groups excluding carboxylic acids is 2. The smallest absolute Gasteiger partial charge is 0.241 e. The Morgan fingerprint density at radius 2 is 1.63 bits per heavy atom. The Morgan fingerprint density at radius 1 is 1.11 bits per heavy atom. The minimum Gasteiger partial charge on any atom is -0.381 e. The Hall–Kier alpha value is -1.38. The number of amides is 2. The Kier molecular flexibility index (Phi) is 12.2. The van der Waals surface area contributed by atoms with Crippen LogP contribution in [0.2, 0.25) is 0 Å². The largest absolute Gasteiger partial charge is 0.381 e. The first-order valence-corrected chi connectivity index (χ1v) is 8.64. The molecule has 1 saturated heterocycles. The first-order valence-electron chi connectivity index (χ1n) is 8.64. The van der Waals surface area contributed by atoms with Crippen molar-refractivity contribution in [2.75, 3.05) is 44.5 Å². The Balaban J connectivity index is 0.00000338. The summed E-state index contributed by atoms with van der Waals surface area (Å²) >= 11 is 0. The number of nitrogens with two attached hydrogens (primary N) is 1. The van der Waals surface area contributed by atoms with Gasteiger partial charge in [-0.3, -0.25) is 9.59 Å². The highest BCUT2D eigenvalue weighted by molar-refractivity contribution is 5.95. The van der Waals surface area contributed by atoms with Gasteiger partial charge in [0.25, 0.3) is 0 Å². The summed E-state index contributed by atoms with van der Waals surface area (Å²) in [5.74, 6) is -0.0642. The van der Waals surface area contributed by atoms with Crippen molar-refractivity contribution in [1.29, 1.82) is 0 Å². The second-order valence-electron chi connectivity index (χ2n) is 6.64. The maximum Gasteiger partial charge on any atom is 0.241 e. The summed E-state index contributed by atoms with van der Waals surface area (Å²) < 4.78 is 5.30. The molecule has 154 valence electrons. The van der Waals surface area contributed by atoms with Crippen LogP contribution < -0.4 is 16.4 Å². The van der Waals surface area contributed by atoms with Crippen LogP contribution in [0.5, 0.6) is 0 Å². The van der Waals surface area contributed by atoms with E-state index >= 15 is 0 Å². The van der Waals surface area contributed by atoms with E-state index in [1.807, 2.05) is 19.0 Å². The number of hydrogen-bond donors (Lipinski definition) is 3. The number of benzene rings is 1. The second kappa shape index (κ2) is 12.9. The highest BCUT2D eigenvalue weighted by Crippen LogP contribution is 2.19. The van der Waals surface area contributed by atoms with Gasteiger partial charge in [-0.15, -0.1) is 24.8 Å². The molecule has 1 fully saturated rings. The van der Waals surface area contributed by atoms with Crippen molar-refractivity contribution in [3.05, 3.63) is 24.3 Å². The number of nitrogens with one attached hydrogen (secondary N) is 2. The lowest BCUT2D eigenvalue weighted by Crippen LogP contribution is -2.43. The molecule has 0 aromatic heterocycles. The fourth-order valence-corrected chi connectivity index (χ4v) is 2.70. The molecule has 0 bridgehead atoms. The van der Waals surface area contributed by atoms with E-state index in [-0.39, 0.29) is 42.5 Å². The van der Waals surface area contributed by atoms with E-state index in [0.717, 1.165) is 12.8 Å². The molecule has 27 heavy (non-hydrogen) atoms. The van der Waals surface area contributed by atoms with Crippen LogP contribution in [-0.4, -0.2) is 56.6 Å². The highest BCUT2D eigenvalue weighted by atomic mass is 35.5. The zero-order chi connectivity index (χ0) is 18.2. The van der Waals surface area contributed by atoms with Gasteiger partial charge in [0.1, 0.15) is 0 Å². The SMILES string of the molecule is CN(C)CCC(=O)Nc1ccc(NC(=O)C(N)C2CCOCC2)cc1.Cl.Cl. The van der Waals surface area contributed by atoms with E-state index in [4.69, 9.17) is 10.5 Å². The summed E-state index contributed by atoms with van der Waals surface area (Å²) in [7, 11) is 3.85. The van der Waals surface area contributed by atoms with E-state index in [1.54, 1.807) is 24.3 Å². The second-order valence-corrected chi connectivity index (χ2v) is 6.64. The van der Waals surface area contributed by atoms with Crippen LogP contribution >= 0.6 is 24.8 Å². The van der Waals surface area contributed by atoms with E-state index < -0.39 is 6.04 Å². The van der Waals surface area contributed by atoms with Crippen molar-refractivity contribution >= 4 is 48.0 Å². The third-order valence-electron chi connectivity index (χ3n) is 4.30. The number of ether oxygens (including phenoxy) is 1. The molecule has 1 aromatic rings. The predicted molar refractivity (Wildman–Crippen MR) is 113 cm³/mol. The van der Waals surface area contributed by atoms with Gasteiger partial charge in [-0.25, -0.2) is 0 Å². The molecule has 1 atom stereocenters. The van der Waals surface area contributed by atoms with Gasteiger partial charge in [-0.2, -0.15) is 0 Å². The van der Waals surface area contributed by atoms with Gasteiger partial charge in [-0.1, -0.05) is 0 Å². The summed E-state index contributed by atoms with van der Waals surface area (Å²) in [5.41, 5.74) is 7.43. The standard InChI is InChI=1S/C18H28N4O3.2ClH/c1-22(2)10-7-16(23)20-14-3-5-15(6-4-14)21-18(24)17(19)13-8-11-25-12-9-13;;/h3-6,13,17H,7-12,19H2,1-2H3,(H,20,23)(H,21,24);2*1H. The number of rotatable bonds is 7. The molecule has 4 N–H and O–H groups in total. The van der Waals surface area contributed by atoms with Gasteiger partial charge >= 0.3 is 0 Å². The zero-order valence-corrected chi connectivity index (χ0v) is 17.4. The average Bonchev–Trinajstić information content (AvgIpc) is 2.61. The lowest BCUT2D eigenvalue weighted by molar-refractivity contribution is -0.119. The third-order valence-corrected chi connectivity index (χ3v) is 4.30. The Labute approximate surface area is 173 Å². The summed E-state index contributed by atoms with van der Waals surface area (Å²) in [6.07, 6.45) is 2.06. The first-order chi connectivity index (χ1) is 12.0. The number of halogens is 2. The summed E-state index contributed by atoms with van der Waals surface area (Å²) in [5, 5.41) is 5.67. The molecule has 2 rings (SSSR count). The summed E-state index contributed by atoms with van der Waals surface area (Å²) in [4.78, 5) is 26.0. The fourth-order valence-electron chi connectivity index (χ4n) is 2.70. The monoisotopic (exact) mass is 420 g/mol. The van der Waals surface area contributed by atoms with Gasteiger partial charge in [-0.05, 0) is 57.1 Å². The quantitative estimate of drug-likeness (QED) is 0.627. The molecule has 7 nitrogen and oxygen atoms in total. The molecule has 0 aliphatic carbocycles. The number of anilines is 2. The van der Waals surface area contributed by atoms with Crippen LogP contribution in [-0.2, 0) is 14.3 Å². The van der Waals surface area contributed by atoms with Crippen molar-refractivity contribution in [2.45, 2.75) is 25.3 Å². The molecule has 0 saturated carbocycles. The van der Waals surface area contributed by atoms with E-state index in [1.165, 1.54) is 0 Å². The van der Waals surface area contributed by atoms with E-state index in [0.29, 0.717) is 37.6 Å². The van der Waals surface area contributed by atoms with Crippen LogP contribution in [0.4, 0.5) is 11.4 Å². The predicted octanol–water partition coefficient (Wildman–Crippen LogP) is 2.11. The van der Waals surface area contributed by atoms with Gasteiger partial charge in [0.15, 0.2) is 0 Å². The molecule has 1 aliphatic heterocycles. The van der Waals surface area contributed by atoms with Crippen LogP contribution in [0.3, 0.4) is 0 Å². The van der Waals surface area contributed by atoms with Crippen LogP contribution in [0.1, 0.15) is 19.3 Å². The maximum atomic E-state index is 12.3. The van der Waals surface area contributed by atoms with Crippen LogP contribution in [0.15, 0.2) is 24.3 Å². The molecule has 9 heteroatoms. The molecule has 1 aromatic carbocycles. The Bertz CT molecular complexity index is 578. The third kappa shape index (κ3) is 8.90. The molecule has 2 amide bonds. The molecule has 1 heterocycles. The molecule has 0 radical (unpaired) electrons. The Morgan fingerprint density at radius 3 is 2.15 bits per heavy atom. The minimum absolute atomic E-state index is 0. The van der Waals surface area contributed by atoms with Crippen molar-refractivity contribution in [1.82, 2.24) is 4.90 Å². The molecule has 1 aliphatic rings. The first kappa shape index (κ1) is 25.6. The number of hydrogen-bond acceptors (Lipinski definition) is 5. The summed E-state index contributed by atoms with van der Waals surface area (Å²) in [6, 6.07) is 6.52. The van der Waals surface area contributed by atoms with Crippen LogP contribution in [0.25, 0.3) is 0 Å². The lowest BCUT2D eigenvalue weighted by Gasteiger charge is -2.26. The minimum atomic E-state index is -0.533. The fraction of sp³-hybridized carbons (Fsp3) is 0.556. The van der Waals surface area contributed by atoms with Gasteiger partial charge < -0.3 is 26.0 Å². The normalized spacial score (nSPS) is 15.3. The lowest BCUT2D eigenvalue weighted by atomic mass is 9.92. The van der Waals surface area contributed by atoms with Gasteiger partial charge in [0, 0.05) is 37.6 Å². The van der Waals surface area contributed by atoms with Crippen molar-refractivity contribution in [2.24, 2.45) is 11.7 Å². The van der Waals surface area contributed by atoms with E-state index in [9.17, 15) is 9.59 Å². The van der Waals surface area contributed by atoms with Crippen molar-refractivity contribution < 1.29 is 14.3 Å². The molecular weight excluding hydrogens is 391 g/mol. The van der Waals surface area contributed by atoms with Gasteiger partial charge in [0.2, 0.25) is 11.8 Å². The van der Waals surface area contributed by atoms with Crippen molar-refractivity contribution in [3.8, 4) is 0 Å². The summed E-state index contributed by atoms with van der Waals surface area (Å²) in [6.45, 7) is 2.02. The van der Waals surface area contributed by atoms with Crippen LogP contribution in [0, 0.1) is 5.92 Å². The number of nitrogens with zero attached hydrogens (tertiary/aromatic N) is 1. The zero-order valence-electron chi connectivity index (χ0n) is 15.8.